The van der Waals surface area contributed by atoms with E-state index in [4.69, 9.17) is 4.74 Å². The molecule has 106 valence electrons. The highest BCUT2D eigenvalue weighted by Gasteiger charge is 2.36. The molecule has 0 spiro atoms. The number of nitrogens with one attached hydrogen (secondary N) is 1. The summed E-state index contributed by atoms with van der Waals surface area (Å²) in [6, 6.07) is 1.50. The highest BCUT2D eigenvalue weighted by atomic mass is 16.5. The van der Waals surface area contributed by atoms with E-state index in [1.165, 1.54) is 45.2 Å². The molecule has 1 saturated carbocycles. The molecule has 0 amide bonds. The second-order valence-corrected chi connectivity index (χ2v) is 6.44. The quantitative estimate of drug-likeness (QED) is 0.754. The highest BCUT2D eigenvalue weighted by molar-refractivity contribution is 4.91. The molecule has 1 saturated heterocycles. The molecule has 1 aliphatic carbocycles. The zero-order valence-electron chi connectivity index (χ0n) is 12.4. The predicted octanol–water partition coefficient (Wildman–Crippen LogP) is 2.27. The first-order valence-corrected chi connectivity index (χ1v) is 7.66. The summed E-state index contributed by atoms with van der Waals surface area (Å²) in [7, 11) is 2.28. The van der Waals surface area contributed by atoms with Gasteiger partial charge in [-0.2, -0.15) is 0 Å². The summed E-state index contributed by atoms with van der Waals surface area (Å²) in [5.74, 6) is 0. The second kappa shape index (κ2) is 6.36. The van der Waals surface area contributed by atoms with Crippen LogP contribution in [0.5, 0.6) is 0 Å². The Bertz CT molecular complexity index is 247. The highest BCUT2D eigenvalue weighted by Crippen LogP contribution is 2.32. The second-order valence-electron chi connectivity index (χ2n) is 6.44. The Labute approximate surface area is 112 Å². The van der Waals surface area contributed by atoms with Crippen molar-refractivity contribution in [1.82, 2.24) is 10.2 Å². The van der Waals surface area contributed by atoms with Gasteiger partial charge in [-0.1, -0.05) is 6.92 Å². The number of nitrogens with zero attached hydrogens (tertiary/aromatic N) is 1. The molecule has 1 heterocycles. The lowest BCUT2D eigenvalue weighted by Crippen LogP contribution is -2.48. The fourth-order valence-electron chi connectivity index (χ4n) is 2.84. The Kier molecular flexibility index (Phi) is 5.05. The minimum absolute atomic E-state index is 0.443. The molecular formula is C15H30N2O. The van der Waals surface area contributed by atoms with Gasteiger partial charge in [-0.25, -0.2) is 0 Å². The molecule has 18 heavy (non-hydrogen) atoms. The summed E-state index contributed by atoms with van der Waals surface area (Å²) in [6.07, 6.45) is 6.43. The van der Waals surface area contributed by atoms with Crippen LogP contribution in [-0.4, -0.2) is 50.3 Å². The van der Waals surface area contributed by atoms with E-state index in [2.05, 4.69) is 31.1 Å². The summed E-state index contributed by atoms with van der Waals surface area (Å²) in [4.78, 5) is 2.54. The van der Waals surface area contributed by atoms with Crippen LogP contribution in [-0.2, 0) is 4.74 Å². The van der Waals surface area contributed by atoms with Crippen LogP contribution in [0.2, 0.25) is 0 Å². The molecular weight excluding hydrogens is 224 g/mol. The van der Waals surface area contributed by atoms with Gasteiger partial charge < -0.3 is 15.0 Å². The number of hydrogen-bond donors (Lipinski definition) is 1. The summed E-state index contributed by atoms with van der Waals surface area (Å²) in [5.41, 5.74) is 0.443. The minimum atomic E-state index is 0.443. The molecule has 0 bridgehead atoms. The molecule has 2 rings (SSSR count). The first kappa shape index (κ1) is 14.3. The van der Waals surface area contributed by atoms with Gasteiger partial charge in [0.2, 0.25) is 0 Å². The Morgan fingerprint density at radius 3 is 2.56 bits per heavy atom. The maximum Gasteiger partial charge on any atom is 0.0472 e. The number of rotatable bonds is 7. The van der Waals surface area contributed by atoms with Crippen LogP contribution in [0, 0.1) is 5.41 Å². The van der Waals surface area contributed by atoms with Crippen LogP contribution in [0.3, 0.4) is 0 Å². The molecule has 0 radical (unpaired) electrons. The Morgan fingerprint density at radius 1 is 1.33 bits per heavy atom. The van der Waals surface area contributed by atoms with Gasteiger partial charge in [0.05, 0.1) is 0 Å². The predicted molar refractivity (Wildman–Crippen MR) is 75.9 cm³/mol. The molecule has 1 N–H and O–H groups in total. The maximum absolute atomic E-state index is 5.57. The first-order chi connectivity index (χ1) is 8.65. The Morgan fingerprint density at radius 2 is 2.00 bits per heavy atom. The van der Waals surface area contributed by atoms with Crippen molar-refractivity contribution in [2.24, 2.45) is 5.41 Å². The third-order valence-corrected chi connectivity index (χ3v) is 4.82. The van der Waals surface area contributed by atoms with Crippen molar-refractivity contribution in [1.29, 1.82) is 0 Å². The minimum Gasteiger partial charge on any atom is -0.381 e. The van der Waals surface area contributed by atoms with Gasteiger partial charge in [-0.3, -0.25) is 0 Å². The average Bonchev–Trinajstić information content (AvgIpc) is 3.20. The third-order valence-electron chi connectivity index (χ3n) is 4.82. The van der Waals surface area contributed by atoms with Crippen LogP contribution in [0.25, 0.3) is 0 Å². The van der Waals surface area contributed by atoms with Crippen LogP contribution < -0.4 is 5.32 Å². The van der Waals surface area contributed by atoms with Crippen LogP contribution >= 0.6 is 0 Å². The lowest BCUT2D eigenvalue weighted by atomic mass is 9.79. The lowest BCUT2D eigenvalue weighted by Gasteiger charge is -2.42. The van der Waals surface area contributed by atoms with E-state index in [1.54, 1.807) is 0 Å². The Hall–Kier alpha value is -0.120. The molecule has 3 heteroatoms. The van der Waals surface area contributed by atoms with E-state index in [-0.39, 0.29) is 0 Å². The summed E-state index contributed by atoms with van der Waals surface area (Å²) < 4.78 is 5.57. The van der Waals surface area contributed by atoms with Crippen LogP contribution in [0.4, 0.5) is 0 Å². The van der Waals surface area contributed by atoms with Crippen molar-refractivity contribution in [2.45, 2.75) is 58.0 Å². The average molecular weight is 254 g/mol. The van der Waals surface area contributed by atoms with Gasteiger partial charge in [-0.15, -0.1) is 0 Å². The molecule has 1 atom stereocenters. The van der Waals surface area contributed by atoms with Crippen molar-refractivity contribution in [3.05, 3.63) is 0 Å². The number of hydrogen-bond acceptors (Lipinski definition) is 3. The van der Waals surface area contributed by atoms with E-state index >= 15 is 0 Å². The van der Waals surface area contributed by atoms with Gasteiger partial charge in [0, 0.05) is 38.4 Å². The molecule has 0 aromatic heterocycles. The fraction of sp³-hybridized carbons (Fsp3) is 1.00. The molecule has 0 aromatic carbocycles. The maximum atomic E-state index is 5.57. The van der Waals surface area contributed by atoms with Crippen LogP contribution in [0.15, 0.2) is 0 Å². The fourth-order valence-corrected chi connectivity index (χ4v) is 2.84. The molecule has 1 unspecified atom stereocenters. The summed E-state index contributed by atoms with van der Waals surface area (Å²) in [6.45, 7) is 8.90. The summed E-state index contributed by atoms with van der Waals surface area (Å²) in [5, 5.41) is 3.75. The van der Waals surface area contributed by atoms with E-state index < -0.39 is 0 Å². The zero-order valence-corrected chi connectivity index (χ0v) is 12.4. The molecule has 2 aliphatic rings. The van der Waals surface area contributed by atoms with Gasteiger partial charge in [0.15, 0.2) is 0 Å². The Balaban J connectivity index is 1.89. The van der Waals surface area contributed by atoms with Crippen molar-refractivity contribution in [3.63, 3.8) is 0 Å². The van der Waals surface area contributed by atoms with Crippen molar-refractivity contribution in [2.75, 3.05) is 33.4 Å². The van der Waals surface area contributed by atoms with Crippen LogP contribution in [0.1, 0.15) is 46.0 Å². The van der Waals surface area contributed by atoms with Gasteiger partial charge in [-0.05, 0) is 51.5 Å². The molecule has 0 aromatic rings. The molecule has 2 fully saturated rings. The van der Waals surface area contributed by atoms with Gasteiger partial charge in [0.1, 0.15) is 0 Å². The number of ether oxygens (including phenoxy) is 1. The topological polar surface area (TPSA) is 24.5 Å². The van der Waals surface area contributed by atoms with Crippen molar-refractivity contribution < 1.29 is 4.74 Å². The zero-order chi connectivity index (χ0) is 13.0. The largest absolute Gasteiger partial charge is 0.381 e. The van der Waals surface area contributed by atoms with Crippen molar-refractivity contribution in [3.8, 4) is 0 Å². The van der Waals surface area contributed by atoms with E-state index in [0.717, 1.165) is 19.3 Å². The van der Waals surface area contributed by atoms with Crippen molar-refractivity contribution >= 4 is 0 Å². The van der Waals surface area contributed by atoms with Gasteiger partial charge in [0.25, 0.3) is 0 Å². The van der Waals surface area contributed by atoms with Gasteiger partial charge >= 0.3 is 0 Å². The SMILES string of the molecule is CCC(C)N(C)CC1(CNC2CC2)CCOCC1. The lowest BCUT2D eigenvalue weighted by molar-refractivity contribution is -0.00601. The van der Waals surface area contributed by atoms with E-state index in [0.29, 0.717) is 11.5 Å². The third kappa shape index (κ3) is 3.94. The standard InChI is InChI=1S/C15H30N2O/c1-4-13(2)17(3)12-15(7-9-18-10-8-15)11-16-14-5-6-14/h13-14,16H,4-12H2,1-3H3. The molecule has 3 nitrogen and oxygen atoms in total. The first-order valence-electron chi connectivity index (χ1n) is 7.66. The summed E-state index contributed by atoms with van der Waals surface area (Å²) >= 11 is 0. The van der Waals surface area contributed by atoms with E-state index in [9.17, 15) is 0 Å². The normalized spacial score (nSPS) is 25.3. The van der Waals surface area contributed by atoms with E-state index in [1.807, 2.05) is 0 Å². The monoisotopic (exact) mass is 254 g/mol. The smallest absolute Gasteiger partial charge is 0.0472 e. The molecule has 1 aliphatic heterocycles.